The van der Waals surface area contributed by atoms with Crippen LogP contribution in [0.1, 0.15) is 25.0 Å². The number of methoxy groups -OCH3 is 1. The lowest BCUT2D eigenvalue weighted by Crippen LogP contribution is -2.41. The van der Waals surface area contributed by atoms with Gasteiger partial charge < -0.3 is 9.84 Å². The lowest BCUT2D eigenvalue weighted by atomic mass is 9.77. The van der Waals surface area contributed by atoms with Crippen LogP contribution < -0.4 is 0 Å². The van der Waals surface area contributed by atoms with E-state index >= 15 is 0 Å². The summed E-state index contributed by atoms with van der Waals surface area (Å²) in [5.41, 5.74) is 0.622. The van der Waals surface area contributed by atoms with Crippen LogP contribution in [0.3, 0.4) is 0 Å². The van der Waals surface area contributed by atoms with Crippen LogP contribution in [-0.2, 0) is 14.9 Å². The molecule has 1 aromatic rings. The Bertz CT molecular complexity index is 455. The Balaban J connectivity index is 3.22. The molecule has 0 amide bonds. The topological polar surface area (TPSA) is 46.5 Å². The molecular weight excluding hydrogens is 216 g/mol. The van der Waals surface area contributed by atoms with Gasteiger partial charge in [-0.1, -0.05) is 38.0 Å². The molecule has 0 bridgehead atoms. The van der Waals surface area contributed by atoms with Crippen molar-refractivity contribution in [3.05, 3.63) is 35.4 Å². The minimum Gasteiger partial charge on any atom is -0.467 e. The smallest absolute Gasteiger partial charge is 0.335 e. The van der Waals surface area contributed by atoms with Crippen LogP contribution in [0.15, 0.2) is 24.3 Å². The van der Waals surface area contributed by atoms with Crippen LogP contribution in [0.4, 0.5) is 0 Å². The number of ether oxygens (including phenoxy) is 1. The SMILES string of the molecule is C#Cc1ccccc1C(C)(C)C(O)C(=O)OC. The second kappa shape index (κ2) is 5.03. The largest absolute Gasteiger partial charge is 0.467 e. The maximum atomic E-state index is 11.4. The Morgan fingerprint density at radius 1 is 1.47 bits per heavy atom. The van der Waals surface area contributed by atoms with Crippen molar-refractivity contribution in [2.75, 3.05) is 7.11 Å². The van der Waals surface area contributed by atoms with Gasteiger partial charge in [-0.2, -0.15) is 0 Å². The van der Waals surface area contributed by atoms with E-state index in [1.54, 1.807) is 26.0 Å². The van der Waals surface area contributed by atoms with Crippen molar-refractivity contribution in [3.63, 3.8) is 0 Å². The maximum absolute atomic E-state index is 11.4. The fraction of sp³-hybridized carbons (Fsp3) is 0.357. The van der Waals surface area contributed by atoms with E-state index in [4.69, 9.17) is 6.42 Å². The Hall–Kier alpha value is -1.79. The van der Waals surface area contributed by atoms with E-state index in [9.17, 15) is 9.90 Å². The van der Waals surface area contributed by atoms with E-state index in [0.717, 1.165) is 5.56 Å². The van der Waals surface area contributed by atoms with Gasteiger partial charge >= 0.3 is 5.97 Å². The van der Waals surface area contributed by atoms with Crippen LogP contribution in [-0.4, -0.2) is 24.3 Å². The van der Waals surface area contributed by atoms with Crippen molar-refractivity contribution >= 4 is 5.97 Å². The quantitative estimate of drug-likeness (QED) is 0.634. The van der Waals surface area contributed by atoms with E-state index in [0.29, 0.717) is 5.56 Å². The molecule has 1 aromatic carbocycles. The first-order chi connectivity index (χ1) is 7.95. The van der Waals surface area contributed by atoms with Gasteiger partial charge in [0.1, 0.15) is 0 Å². The zero-order valence-electron chi connectivity index (χ0n) is 10.2. The molecule has 1 rings (SSSR count). The molecule has 1 atom stereocenters. The lowest BCUT2D eigenvalue weighted by molar-refractivity contribution is -0.153. The molecule has 17 heavy (non-hydrogen) atoms. The Labute approximate surface area is 101 Å². The molecule has 0 aliphatic heterocycles. The molecule has 90 valence electrons. The van der Waals surface area contributed by atoms with Gasteiger partial charge in [-0.05, 0) is 11.6 Å². The zero-order valence-corrected chi connectivity index (χ0v) is 10.2. The average Bonchev–Trinajstić information content (AvgIpc) is 2.36. The van der Waals surface area contributed by atoms with Gasteiger partial charge in [0.2, 0.25) is 0 Å². The molecule has 0 radical (unpaired) electrons. The van der Waals surface area contributed by atoms with E-state index in [2.05, 4.69) is 10.7 Å². The summed E-state index contributed by atoms with van der Waals surface area (Å²) in [7, 11) is 1.24. The third kappa shape index (κ3) is 2.48. The zero-order chi connectivity index (χ0) is 13.1. The predicted octanol–water partition coefficient (Wildman–Crippen LogP) is 1.48. The molecule has 0 aliphatic rings. The summed E-state index contributed by atoms with van der Waals surface area (Å²) >= 11 is 0. The Morgan fingerprint density at radius 3 is 2.59 bits per heavy atom. The first-order valence-electron chi connectivity index (χ1n) is 5.27. The van der Waals surface area contributed by atoms with Gasteiger partial charge in [-0.3, -0.25) is 0 Å². The fourth-order valence-electron chi connectivity index (χ4n) is 1.72. The average molecular weight is 232 g/mol. The first kappa shape index (κ1) is 13.3. The van der Waals surface area contributed by atoms with Gasteiger partial charge in [0.15, 0.2) is 6.10 Å². The molecule has 0 saturated heterocycles. The molecule has 3 heteroatoms. The summed E-state index contributed by atoms with van der Waals surface area (Å²) in [4.78, 5) is 11.4. The van der Waals surface area contributed by atoms with Crippen molar-refractivity contribution < 1.29 is 14.6 Å². The number of carbonyl (C=O) groups excluding carboxylic acids is 1. The van der Waals surface area contributed by atoms with Gasteiger partial charge in [-0.15, -0.1) is 6.42 Å². The number of terminal acetylenes is 1. The number of hydrogen-bond acceptors (Lipinski definition) is 3. The van der Waals surface area contributed by atoms with Crippen molar-refractivity contribution in [3.8, 4) is 12.3 Å². The highest BCUT2D eigenvalue weighted by Crippen LogP contribution is 2.30. The molecule has 0 aromatic heterocycles. The Kier molecular flexibility index (Phi) is 3.93. The fourth-order valence-corrected chi connectivity index (χ4v) is 1.72. The molecule has 3 nitrogen and oxygen atoms in total. The van der Waals surface area contributed by atoms with Crippen LogP contribution in [0.25, 0.3) is 0 Å². The summed E-state index contributed by atoms with van der Waals surface area (Å²) in [6, 6.07) is 7.23. The van der Waals surface area contributed by atoms with Gasteiger partial charge in [-0.25, -0.2) is 4.79 Å². The van der Waals surface area contributed by atoms with E-state index in [1.807, 2.05) is 12.1 Å². The molecule has 1 N–H and O–H groups in total. The standard InChI is InChI=1S/C14H16O3/c1-5-10-8-6-7-9-11(10)14(2,3)12(15)13(16)17-4/h1,6-9,12,15H,2-4H3. The summed E-state index contributed by atoms with van der Waals surface area (Å²) in [6.45, 7) is 3.51. The van der Waals surface area contributed by atoms with Crippen molar-refractivity contribution in [2.45, 2.75) is 25.4 Å². The highest BCUT2D eigenvalue weighted by Gasteiger charge is 2.37. The molecular formula is C14H16O3. The Morgan fingerprint density at radius 2 is 2.06 bits per heavy atom. The van der Waals surface area contributed by atoms with Gasteiger partial charge in [0, 0.05) is 11.0 Å². The number of aliphatic hydroxyl groups excluding tert-OH is 1. The second-order valence-electron chi connectivity index (χ2n) is 4.34. The monoisotopic (exact) mass is 232 g/mol. The number of aliphatic hydroxyl groups is 1. The molecule has 1 unspecified atom stereocenters. The summed E-state index contributed by atoms with van der Waals surface area (Å²) < 4.78 is 4.55. The molecule has 0 fully saturated rings. The highest BCUT2D eigenvalue weighted by atomic mass is 16.5. The minimum absolute atomic E-state index is 0.665. The van der Waals surface area contributed by atoms with E-state index < -0.39 is 17.5 Å². The first-order valence-corrected chi connectivity index (χ1v) is 5.27. The number of hydrogen-bond donors (Lipinski definition) is 1. The third-order valence-corrected chi connectivity index (χ3v) is 2.88. The number of benzene rings is 1. The molecule has 0 heterocycles. The number of carbonyl (C=O) groups is 1. The molecule has 0 spiro atoms. The summed E-state index contributed by atoms with van der Waals surface area (Å²) in [6.07, 6.45) is 4.16. The number of esters is 1. The highest BCUT2D eigenvalue weighted by molar-refractivity contribution is 5.76. The van der Waals surface area contributed by atoms with Crippen molar-refractivity contribution in [1.29, 1.82) is 0 Å². The summed E-state index contributed by atoms with van der Waals surface area (Å²) in [5, 5.41) is 9.98. The van der Waals surface area contributed by atoms with Crippen LogP contribution in [0, 0.1) is 12.3 Å². The van der Waals surface area contributed by atoms with Gasteiger partial charge in [0.05, 0.1) is 7.11 Å². The van der Waals surface area contributed by atoms with Crippen LogP contribution >= 0.6 is 0 Å². The van der Waals surface area contributed by atoms with E-state index in [-0.39, 0.29) is 0 Å². The van der Waals surface area contributed by atoms with Gasteiger partial charge in [0.25, 0.3) is 0 Å². The molecule has 0 saturated carbocycles. The van der Waals surface area contributed by atoms with Crippen molar-refractivity contribution in [2.24, 2.45) is 0 Å². The van der Waals surface area contributed by atoms with Crippen LogP contribution in [0.5, 0.6) is 0 Å². The lowest BCUT2D eigenvalue weighted by Gasteiger charge is -2.30. The van der Waals surface area contributed by atoms with E-state index in [1.165, 1.54) is 7.11 Å². The molecule has 0 aliphatic carbocycles. The predicted molar refractivity (Wildman–Crippen MR) is 65.4 cm³/mol. The van der Waals surface area contributed by atoms with Crippen LogP contribution in [0.2, 0.25) is 0 Å². The second-order valence-corrected chi connectivity index (χ2v) is 4.34. The normalized spacial score (nSPS) is 12.6. The summed E-state index contributed by atoms with van der Waals surface area (Å²) in [5.74, 6) is 1.89. The van der Waals surface area contributed by atoms with Crippen molar-refractivity contribution in [1.82, 2.24) is 0 Å². The maximum Gasteiger partial charge on any atom is 0.335 e. The minimum atomic E-state index is -1.25. The number of rotatable bonds is 3. The third-order valence-electron chi connectivity index (χ3n) is 2.88.